The van der Waals surface area contributed by atoms with Gasteiger partial charge >= 0.3 is 5.97 Å². The van der Waals surface area contributed by atoms with Crippen LogP contribution in [0.1, 0.15) is 28.7 Å². The Morgan fingerprint density at radius 2 is 1.67 bits per heavy atom. The van der Waals surface area contributed by atoms with Crippen molar-refractivity contribution in [1.29, 1.82) is 0 Å². The Labute approximate surface area is 159 Å². The first-order valence-corrected chi connectivity index (χ1v) is 9.73. The summed E-state index contributed by atoms with van der Waals surface area (Å²) in [7, 11) is 0.615. The summed E-state index contributed by atoms with van der Waals surface area (Å²) in [5, 5.41) is 0. The number of hydrogen-bond donors (Lipinski definition) is 1. The van der Waals surface area contributed by atoms with Gasteiger partial charge in [0.05, 0.1) is 26.5 Å². The van der Waals surface area contributed by atoms with E-state index in [9.17, 15) is 13.2 Å². The molecule has 0 aliphatic carbocycles. The fourth-order valence-electron chi connectivity index (χ4n) is 2.91. The molecular formula is C18H24N2O6S. The third-order valence-electron chi connectivity index (χ3n) is 4.20. The molecule has 27 heavy (non-hydrogen) atoms. The predicted octanol–water partition coefficient (Wildman–Crippen LogP) is 2.64. The summed E-state index contributed by atoms with van der Waals surface area (Å²) in [5.74, 6) is 0.326. The number of esters is 1. The highest BCUT2D eigenvalue weighted by Crippen LogP contribution is 2.31. The Morgan fingerprint density at radius 3 is 2.15 bits per heavy atom. The summed E-state index contributed by atoms with van der Waals surface area (Å²) >= 11 is 0. The first-order valence-electron chi connectivity index (χ1n) is 8.25. The van der Waals surface area contributed by atoms with Crippen molar-refractivity contribution in [2.24, 2.45) is 7.05 Å². The maximum atomic E-state index is 13.0. The van der Waals surface area contributed by atoms with E-state index >= 15 is 0 Å². The van der Waals surface area contributed by atoms with Gasteiger partial charge in [-0.2, -0.15) is 0 Å². The quantitative estimate of drug-likeness (QED) is 0.723. The molecule has 0 aliphatic heterocycles. The predicted molar refractivity (Wildman–Crippen MR) is 101 cm³/mol. The zero-order chi connectivity index (χ0) is 20.4. The Kier molecular flexibility index (Phi) is 6.04. The van der Waals surface area contributed by atoms with Crippen LogP contribution in [0.4, 0.5) is 5.69 Å². The van der Waals surface area contributed by atoms with Gasteiger partial charge in [0.25, 0.3) is 10.0 Å². The second-order valence-corrected chi connectivity index (χ2v) is 7.49. The number of ether oxygens (including phenoxy) is 3. The van der Waals surface area contributed by atoms with Crippen molar-refractivity contribution < 1.29 is 27.4 Å². The number of nitrogens with one attached hydrogen (secondary N) is 1. The maximum absolute atomic E-state index is 13.0. The average Bonchev–Trinajstić information content (AvgIpc) is 2.83. The highest BCUT2D eigenvalue weighted by molar-refractivity contribution is 7.92. The minimum Gasteiger partial charge on any atom is -0.497 e. The molecule has 0 radical (unpaired) electrons. The number of anilines is 1. The Morgan fingerprint density at radius 1 is 1.11 bits per heavy atom. The highest BCUT2D eigenvalue weighted by atomic mass is 32.2. The highest BCUT2D eigenvalue weighted by Gasteiger charge is 2.29. The third-order valence-corrected chi connectivity index (χ3v) is 5.85. The molecule has 1 aromatic carbocycles. The molecule has 0 amide bonds. The van der Waals surface area contributed by atoms with Crippen LogP contribution in [-0.4, -0.2) is 39.8 Å². The van der Waals surface area contributed by atoms with Crippen LogP contribution in [0.5, 0.6) is 11.5 Å². The van der Waals surface area contributed by atoms with Crippen LogP contribution < -0.4 is 14.2 Å². The number of carbonyl (C=O) groups is 1. The van der Waals surface area contributed by atoms with Gasteiger partial charge < -0.3 is 18.8 Å². The van der Waals surface area contributed by atoms with Gasteiger partial charge in [-0.15, -0.1) is 0 Å². The molecule has 0 atom stereocenters. The standard InChI is InChI=1S/C18H24N2O6S/c1-7-26-18(21)16-11(2)17(12(3)20(16)4)27(22,23)19-13-8-14(24-5)10-15(9-13)25-6/h8-10,19H,7H2,1-6H3. The Balaban J connectivity index is 2.52. The van der Waals surface area contributed by atoms with Crippen molar-refractivity contribution in [1.82, 2.24) is 4.57 Å². The summed E-state index contributed by atoms with van der Waals surface area (Å²) in [6.07, 6.45) is 0. The number of aromatic nitrogens is 1. The van der Waals surface area contributed by atoms with E-state index in [1.807, 2.05) is 0 Å². The molecule has 0 fully saturated rings. The van der Waals surface area contributed by atoms with Crippen LogP contribution in [0.15, 0.2) is 23.1 Å². The van der Waals surface area contributed by atoms with Crippen LogP contribution in [0.25, 0.3) is 0 Å². The molecular weight excluding hydrogens is 372 g/mol. The van der Waals surface area contributed by atoms with Crippen molar-refractivity contribution in [2.45, 2.75) is 25.7 Å². The van der Waals surface area contributed by atoms with E-state index in [0.29, 0.717) is 22.8 Å². The van der Waals surface area contributed by atoms with Gasteiger partial charge in [0.1, 0.15) is 22.1 Å². The van der Waals surface area contributed by atoms with Gasteiger partial charge in [-0.25, -0.2) is 13.2 Å². The number of nitrogens with zero attached hydrogens (tertiary/aromatic N) is 1. The molecule has 2 aromatic rings. The number of rotatable bonds is 7. The van der Waals surface area contributed by atoms with E-state index < -0.39 is 16.0 Å². The summed E-state index contributed by atoms with van der Waals surface area (Å²) in [6.45, 7) is 5.11. The van der Waals surface area contributed by atoms with Gasteiger partial charge in [-0.1, -0.05) is 0 Å². The molecule has 1 aromatic heterocycles. The number of benzene rings is 1. The largest absolute Gasteiger partial charge is 0.497 e. The molecule has 9 heteroatoms. The lowest BCUT2D eigenvalue weighted by atomic mass is 10.2. The van der Waals surface area contributed by atoms with Crippen LogP contribution in [0, 0.1) is 13.8 Å². The van der Waals surface area contributed by atoms with E-state index in [4.69, 9.17) is 14.2 Å². The molecule has 1 N–H and O–H groups in total. The summed E-state index contributed by atoms with van der Waals surface area (Å²) in [6, 6.07) is 4.72. The zero-order valence-electron chi connectivity index (χ0n) is 16.2. The fraction of sp³-hybridized carbons (Fsp3) is 0.389. The van der Waals surface area contributed by atoms with Crippen molar-refractivity contribution in [3.05, 3.63) is 35.2 Å². The lowest BCUT2D eigenvalue weighted by Gasteiger charge is -2.12. The van der Waals surface area contributed by atoms with Crippen LogP contribution in [0.3, 0.4) is 0 Å². The summed E-state index contributed by atoms with van der Waals surface area (Å²) in [4.78, 5) is 12.2. The third kappa shape index (κ3) is 4.02. The molecule has 1 heterocycles. The van der Waals surface area contributed by atoms with Gasteiger partial charge in [0, 0.05) is 36.5 Å². The SMILES string of the molecule is CCOC(=O)c1c(C)c(S(=O)(=O)Nc2cc(OC)cc(OC)c2)c(C)n1C. The van der Waals surface area contributed by atoms with Crippen LogP contribution in [0.2, 0.25) is 0 Å². The summed E-state index contributed by atoms with van der Waals surface area (Å²) < 4.78 is 45.5. The van der Waals surface area contributed by atoms with Crippen LogP contribution in [-0.2, 0) is 21.8 Å². The number of hydrogen-bond acceptors (Lipinski definition) is 6. The van der Waals surface area contributed by atoms with Gasteiger partial charge in [0.15, 0.2) is 0 Å². The van der Waals surface area contributed by atoms with E-state index in [1.165, 1.54) is 18.8 Å². The van der Waals surface area contributed by atoms with Gasteiger partial charge in [0.2, 0.25) is 0 Å². The normalized spacial score (nSPS) is 11.2. The Bertz CT molecular complexity index is 940. The molecule has 0 unspecified atom stereocenters. The minimum atomic E-state index is -3.96. The van der Waals surface area contributed by atoms with Crippen molar-refractivity contribution in [3.63, 3.8) is 0 Å². The number of methoxy groups -OCH3 is 2. The molecule has 0 spiro atoms. The molecule has 0 saturated heterocycles. The summed E-state index contributed by atoms with van der Waals surface area (Å²) in [5.41, 5.74) is 1.25. The van der Waals surface area contributed by atoms with Gasteiger partial charge in [-0.3, -0.25) is 4.72 Å². The molecule has 0 saturated carbocycles. The number of sulfonamides is 1. The van der Waals surface area contributed by atoms with Crippen molar-refractivity contribution in [2.75, 3.05) is 25.5 Å². The average molecular weight is 396 g/mol. The maximum Gasteiger partial charge on any atom is 0.355 e. The molecule has 148 valence electrons. The second kappa shape index (κ2) is 7.91. The monoisotopic (exact) mass is 396 g/mol. The second-order valence-electron chi connectivity index (χ2n) is 5.87. The number of carbonyl (C=O) groups excluding carboxylic acids is 1. The molecule has 2 rings (SSSR count). The van der Waals surface area contributed by atoms with E-state index in [-0.39, 0.29) is 22.9 Å². The van der Waals surface area contributed by atoms with Crippen molar-refractivity contribution >= 4 is 21.7 Å². The smallest absolute Gasteiger partial charge is 0.355 e. The van der Waals surface area contributed by atoms with E-state index in [1.54, 1.807) is 46.0 Å². The van der Waals surface area contributed by atoms with E-state index in [2.05, 4.69) is 4.72 Å². The lowest BCUT2D eigenvalue weighted by molar-refractivity contribution is 0.0514. The minimum absolute atomic E-state index is 0.0369. The van der Waals surface area contributed by atoms with E-state index in [0.717, 1.165) is 0 Å². The first-order chi connectivity index (χ1) is 12.7. The molecule has 8 nitrogen and oxygen atoms in total. The fourth-order valence-corrected chi connectivity index (χ4v) is 4.46. The topological polar surface area (TPSA) is 95.9 Å². The first kappa shape index (κ1) is 20.6. The lowest BCUT2D eigenvalue weighted by Crippen LogP contribution is -2.15. The zero-order valence-corrected chi connectivity index (χ0v) is 17.1. The van der Waals surface area contributed by atoms with Gasteiger partial charge in [-0.05, 0) is 20.8 Å². The van der Waals surface area contributed by atoms with Crippen LogP contribution >= 0.6 is 0 Å². The van der Waals surface area contributed by atoms with Crippen molar-refractivity contribution in [3.8, 4) is 11.5 Å². The Hall–Kier alpha value is -2.68. The molecule has 0 bridgehead atoms. The molecule has 0 aliphatic rings.